The van der Waals surface area contributed by atoms with E-state index in [1.807, 2.05) is 18.4 Å². The number of piperidine rings is 1. The van der Waals surface area contributed by atoms with Gasteiger partial charge in [0.2, 0.25) is 0 Å². The molecule has 0 radical (unpaired) electrons. The Kier molecular flexibility index (Phi) is 6.59. The minimum absolute atomic E-state index is 0.413. The maximum atomic E-state index is 5.29. The highest BCUT2D eigenvalue weighted by molar-refractivity contribution is 7.14. The highest BCUT2D eigenvalue weighted by Crippen LogP contribution is 2.43. The monoisotopic (exact) mass is 364 g/mol. The number of nitrogens with one attached hydrogen (secondary N) is 2. The van der Waals surface area contributed by atoms with Crippen molar-refractivity contribution in [2.45, 2.75) is 44.6 Å². The zero-order valence-electron chi connectivity index (χ0n) is 15.6. The third kappa shape index (κ3) is 4.88. The molecule has 0 aromatic carbocycles. The van der Waals surface area contributed by atoms with Crippen molar-refractivity contribution < 1.29 is 4.74 Å². The molecule has 5 nitrogen and oxygen atoms in total. The van der Waals surface area contributed by atoms with Crippen molar-refractivity contribution in [3.8, 4) is 0 Å². The fraction of sp³-hybridized carbons (Fsp3) is 0.737. The van der Waals surface area contributed by atoms with Crippen LogP contribution < -0.4 is 15.5 Å². The van der Waals surface area contributed by atoms with E-state index in [2.05, 4.69) is 38.0 Å². The molecule has 0 spiro atoms. The van der Waals surface area contributed by atoms with Crippen LogP contribution in [-0.2, 0) is 4.74 Å². The lowest BCUT2D eigenvalue weighted by Gasteiger charge is -2.42. The smallest absolute Gasteiger partial charge is 0.191 e. The second kappa shape index (κ2) is 8.90. The number of methoxy groups -OCH3 is 1. The average molecular weight is 365 g/mol. The Hall–Kier alpha value is -1.27. The summed E-state index contributed by atoms with van der Waals surface area (Å²) in [6.45, 7) is 4.10. The number of ether oxygens (including phenoxy) is 1. The maximum Gasteiger partial charge on any atom is 0.191 e. The van der Waals surface area contributed by atoms with Gasteiger partial charge in [-0.25, -0.2) is 0 Å². The first-order chi connectivity index (χ1) is 12.2. The first-order valence-electron chi connectivity index (χ1n) is 9.49. The van der Waals surface area contributed by atoms with Gasteiger partial charge in [0.25, 0.3) is 0 Å². The van der Waals surface area contributed by atoms with Gasteiger partial charge in [0.1, 0.15) is 0 Å². The van der Waals surface area contributed by atoms with Crippen LogP contribution in [0.15, 0.2) is 22.5 Å². The summed E-state index contributed by atoms with van der Waals surface area (Å²) in [5, 5.41) is 10.8. The van der Waals surface area contributed by atoms with Crippen molar-refractivity contribution in [1.82, 2.24) is 10.6 Å². The van der Waals surface area contributed by atoms with E-state index in [1.54, 1.807) is 7.11 Å². The fourth-order valence-corrected chi connectivity index (χ4v) is 4.65. The van der Waals surface area contributed by atoms with E-state index in [0.717, 1.165) is 51.5 Å². The van der Waals surface area contributed by atoms with Gasteiger partial charge in [-0.3, -0.25) is 4.99 Å². The SMILES string of the molecule is CN=C(NCC1(CCOC)CCC1)NC1CCN(c2cccs2)CC1. The summed E-state index contributed by atoms with van der Waals surface area (Å²) in [5.41, 5.74) is 0.413. The van der Waals surface area contributed by atoms with Gasteiger partial charge in [0, 0.05) is 46.4 Å². The van der Waals surface area contributed by atoms with Crippen LogP contribution >= 0.6 is 11.3 Å². The predicted molar refractivity (Wildman–Crippen MR) is 107 cm³/mol. The highest BCUT2D eigenvalue weighted by atomic mass is 32.1. The molecule has 2 fully saturated rings. The Labute approximate surface area is 155 Å². The van der Waals surface area contributed by atoms with E-state index < -0.39 is 0 Å². The van der Waals surface area contributed by atoms with Gasteiger partial charge >= 0.3 is 0 Å². The number of rotatable bonds is 7. The van der Waals surface area contributed by atoms with Gasteiger partial charge in [-0.1, -0.05) is 6.42 Å². The molecule has 1 aliphatic heterocycles. The molecule has 1 saturated heterocycles. The normalized spacial score (nSPS) is 21.0. The molecule has 3 rings (SSSR count). The lowest BCUT2D eigenvalue weighted by atomic mass is 9.67. The molecule has 2 aliphatic rings. The molecule has 1 aromatic rings. The van der Waals surface area contributed by atoms with Crippen molar-refractivity contribution in [3.63, 3.8) is 0 Å². The lowest BCUT2D eigenvalue weighted by molar-refractivity contribution is 0.0732. The quantitative estimate of drug-likeness (QED) is 0.577. The van der Waals surface area contributed by atoms with E-state index in [1.165, 1.54) is 24.3 Å². The first kappa shape index (κ1) is 18.5. The molecule has 1 aliphatic carbocycles. The molecular formula is C19H32N4OS. The minimum atomic E-state index is 0.413. The van der Waals surface area contributed by atoms with Crippen LogP contribution in [0.1, 0.15) is 38.5 Å². The van der Waals surface area contributed by atoms with Crippen LogP contribution in [0.4, 0.5) is 5.00 Å². The molecule has 140 valence electrons. The van der Waals surface area contributed by atoms with Crippen LogP contribution in [0.5, 0.6) is 0 Å². The number of anilines is 1. The number of thiophene rings is 1. The topological polar surface area (TPSA) is 48.9 Å². The second-order valence-electron chi connectivity index (χ2n) is 7.38. The number of guanidine groups is 1. The number of hydrogen-bond donors (Lipinski definition) is 2. The van der Waals surface area contributed by atoms with Crippen molar-refractivity contribution in [2.24, 2.45) is 10.4 Å². The molecule has 0 unspecified atom stereocenters. The summed E-state index contributed by atoms with van der Waals surface area (Å²) in [7, 11) is 3.67. The van der Waals surface area contributed by atoms with Gasteiger partial charge in [-0.05, 0) is 55.0 Å². The molecule has 2 N–H and O–H groups in total. The highest BCUT2D eigenvalue weighted by Gasteiger charge is 2.36. The Bertz CT molecular complexity index is 534. The van der Waals surface area contributed by atoms with Crippen molar-refractivity contribution in [3.05, 3.63) is 17.5 Å². The minimum Gasteiger partial charge on any atom is -0.385 e. The third-order valence-electron chi connectivity index (χ3n) is 5.76. The standard InChI is InChI=1S/C19H32N4OS/c1-20-18(21-15-19(8-4-9-19)10-13-24-2)22-16-6-11-23(12-7-16)17-5-3-14-25-17/h3,5,14,16H,4,6-13,15H2,1-2H3,(H2,20,21,22). The van der Waals surface area contributed by atoms with E-state index in [-0.39, 0.29) is 0 Å². The molecule has 2 heterocycles. The average Bonchev–Trinajstić information content (AvgIpc) is 3.14. The Balaban J connectivity index is 1.42. The molecular weight excluding hydrogens is 332 g/mol. The number of hydrogen-bond acceptors (Lipinski definition) is 4. The van der Waals surface area contributed by atoms with E-state index >= 15 is 0 Å². The van der Waals surface area contributed by atoms with Crippen LogP contribution in [0, 0.1) is 5.41 Å². The van der Waals surface area contributed by atoms with Crippen LogP contribution in [0.3, 0.4) is 0 Å². The summed E-state index contributed by atoms with van der Waals surface area (Å²) in [6, 6.07) is 4.87. The van der Waals surface area contributed by atoms with Crippen molar-refractivity contribution >= 4 is 22.3 Å². The first-order valence-corrected chi connectivity index (χ1v) is 10.4. The van der Waals surface area contributed by atoms with Crippen LogP contribution in [0.2, 0.25) is 0 Å². The number of nitrogens with zero attached hydrogens (tertiary/aromatic N) is 2. The summed E-state index contributed by atoms with van der Waals surface area (Å²) >= 11 is 1.83. The molecule has 6 heteroatoms. The Morgan fingerprint density at radius 1 is 1.40 bits per heavy atom. The van der Waals surface area contributed by atoms with E-state index in [4.69, 9.17) is 4.74 Å². The Morgan fingerprint density at radius 2 is 2.20 bits per heavy atom. The molecule has 0 bridgehead atoms. The van der Waals surface area contributed by atoms with Crippen LogP contribution in [-0.4, -0.2) is 52.4 Å². The molecule has 1 aromatic heterocycles. The second-order valence-corrected chi connectivity index (χ2v) is 8.31. The molecule has 0 amide bonds. The Morgan fingerprint density at radius 3 is 2.76 bits per heavy atom. The summed E-state index contributed by atoms with van der Waals surface area (Å²) in [5.74, 6) is 0.957. The fourth-order valence-electron chi connectivity index (χ4n) is 3.86. The largest absolute Gasteiger partial charge is 0.385 e. The lowest BCUT2D eigenvalue weighted by Crippen LogP contribution is -2.51. The maximum absolute atomic E-state index is 5.29. The molecule has 0 atom stereocenters. The summed E-state index contributed by atoms with van der Waals surface area (Å²) in [4.78, 5) is 6.94. The predicted octanol–water partition coefficient (Wildman–Crippen LogP) is 3.09. The van der Waals surface area contributed by atoms with Gasteiger partial charge in [-0.15, -0.1) is 11.3 Å². The summed E-state index contributed by atoms with van der Waals surface area (Å²) in [6.07, 6.45) is 7.42. The van der Waals surface area contributed by atoms with Gasteiger partial charge in [0.05, 0.1) is 5.00 Å². The molecule has 1 saturated carbocycles. The number of aliphatic imine (C=N–C) groups is 1. The van der Waals surface area contributed by atoms with E-state index in [0.29, 0.717) is 11.5 Å². The van der Waals surface area contributed by atoms with Crippen molar-refractivity contribution in [1.29, 1.82) is 0 Å². The summed E-state index contributed by atoms with van der Waals surface area (Å²) < 4.78 is 5.29. The third-order valence-corrected chi connectivity index (χ3v) is 6.69. The van der Waals surface area contributed by atoms with E-state index in [9.17, 15) is 0 Å². The zero-order chi connectivity index (χ0) is 17.5. The van der Waals surface area contributed by atoms with Gasteiger partial charge in [0.15, 0.2) is 5.96 Å². The van der Waals surface area contributed by atoms with Gasteiger partial charge in [-0.2, -0.15) is 0 Å². The van der Waals surface area contributed by atoms with Crippen LogP contribution in [0.25, 0.3) is 0 Å². The van der Waals surface area contributed by atoms with Gasteiger partial charge < -0.3 is 20.3 Å². The van der Waals surface area contributed by atoms with Crippen molar-refractivity contribution in [2.75, 3.05) is 45.3 Å². The molecule has 25 heavy (non-hydrogen) atoms. The zero-order valence-corrected chi connectivity index (χ0v) is 16.4.